The molecule has 0 aliphatic carbocycles. The van der Waals surface area contributed by atoms with E-state index in [0.29, 0.717) is 0 Å². The van der Waals surface area contributed by atoms with Crippen LogP contribution in [0.4, 0.5) is 5.69 Å². The number of hydrogen-bond acceptors (Lipinski definition) is 4. The van der Waals surface area contributed by atoms with Gasteiger partial charge in [-0.05, 0) is 37.3 Å². The number of aromatic nitrogens is 5. The number of nitrogens with zero attached hydrogens (tertiary/aromatic N) is 5. The molecule has 3 aromatic rings. The Labute approximate surface area is 123 Å². The van der Waals surface area contributed by atoms with Gasteiger partial charge in [0.15, 0.2) is 5.82 Å². The Hall–Kier alpha value is -2.63. The van der Waals surface area contributed by atoms with E-state index in [-0.39, 0.29) is 0 Å². The second-order valence-electron chi connectivity index (χ2n) is 4.83. The van der Waals surface area contributed by atoms with E-state index in [4.69, 9.17) is 0 Å². The molecule has 0 unspecified atom stereocenters. The summed E-state index contributed by atoms with van der Waals surface area (Å²) in [6.07, 6.45) is 3.53. The molecule has 6 heteroatoms. The van der Waals surface area contributed by atoms with Crippen LogP contribution in [0, 0.1) is 0 Å². The number of aryl methyl sites for hydroxylation is 2. The largest absolute Gasteiger partial charge is 0.379 e. The fourth-order valence-electron chi connectivity index (χ4n) is 2.27. The van der Waals surface area contributed by atoms with E-state index in [1.165, 1.54) is 5.69 Å². The molecule has 0 fully saturated rings. The van der Waals surface area contributed by atoms with Crippen molar-refractivity contribution < 1.29 is 0 Å². The number of anilines is 1. The summed E-state index contributed by atoms with van der Waals surface area (Å²) in [5, 5.41) is 15.7. The second-order valence-corrected chi connectivity index (χ2v) is 4.83. The van der Waals surface area contributed by atoms with Crippen molar-refractivity contribution in [3.8, 4) is 11.4 Å². The molecule has 1 aromatic carbocycles. The highest BCUT2D eigenvalue weighted by Gasteiger charge is 2.04. The zero-order valence-corrected chi connectivity index (χ0v) is 12.2. The second kappa shape index (κ2) is 5.78. The van der Waals surface area contributed by atoms with Crippen LogP contribution in [0.15, 0.2) is 42.9 Å². The molecule has 0 aliphatic heterocycles. The minimum absolute atomic E-state index is 0.761. The monoisotopic (exact) mass is 282 g/mol. The Morgan fingerprint density at radius 2 is 1.95 bits per heavy atom. The summed E-state index contributed by atoms with van der Waals surface area (Å²) in [5.74, 6) is 0.866. The first-order chi connectivity index (χ1) is 10.3. The summed E-state index contributed by atoms with van der Waals surface area (Å²) in [5.41, 5.74) is 3.30. The molecule has 0 amide bonds. The van der Waals surface area contributed by atoms with Crippen molar-refractivity contribution in [2.75, 3.05) is 5.32 Å². The van der Waals surface area contributed by atoms with E-state index < -0.39 is 0 Å². The molecule has 0 saturated heterocycles. The molecule has 0 bridgehead atoms. The Balaban J connectivity index is 1.69. The molecule has 0 radical (unpaired) electrons. The molecule has 0 aliphatic rings. The smallest absolute Gasteiger partial charge is 0.163 e. The topological polar surface area (TPSA) is 60.6 Å². The quantitative estimate of drug-likeness (QED) is 0.780. The maximum Gasteiger partial charge on any atom is 0.163 e. The summed E-state index contributed by atoms with van der Waals surface area (Å²) in [7, 11) is 1.94. The van der Waals surface area contributed by atoms with E-state index in [1.54, 1.807) is 6.33 Å². The van der Waals surface area contributed by atoms with Gasteiger partial charge >= 0.3 is 0 Å². The number of nitrogens with one attached hydrogen (secondary N) is 1. The zero-order valence-electron chi connectivity index (χ0n) is 12.2. The van der Waals surface area contributed by atoms with Crippen LogP contribution in [0.3, 0.4) is 0 Å². The number of hydrogen-bond donors (Lipinski definition) is 1. The number of rotatable bonds is 5. The standard InChI is InChI=1S/C15H18N6/c1-3-21-14(8-9-18-21)10-16-13-6-4-12(5-7-13)15-19-17-11-20(15)2/h4-9,11,16H,3,10H2,1-2H3. The Kier molecular flexibility index (Phi) is 3.68. The van der Waals surface area contributed by atoms with Crippen LogP contribution >= 0.6 is 0 Å². The highest BCUT2D eigenvalue weighted by Crippen LogP contribution is 2.19. The van der Waals surface area contributed by atoms with E-state index in [1.807, 2.05) is 40.7 Å². The lowest BCUT2D eigenvalue weighted by Gasteiger charge is -2.09. The van der Waals surface area contributed by atoms with E-state index in [0.717, 1.165) is 30.2 Å². The van der Waals surface area contributed by atoms with Gasteiger partial charge in [-0.1, -0.05) is 0 Å². The van der Waals surface area contributed by atoms with Crippen LogP contribution < -0.4 is 5.32 Å². The van der Waals surface area contributed by atoms with Crippen LogP contribution in [-0.4, -0.2) is 24.5 Å². The van der Waals surface area contributed by atoms with Crippen molar-refractivity contribution in [2.24, 2.45) is 7.05 Å². The summed E-state index contributed by atoms with van der Waals surface area (Å²) >= 11 is 0. The van der Waals surface area contributed by atoms with Crippen molar-refractivity contribution >= 4 is 5.69 Å². The van der Waals surface area contributed by atoms with Crippen LogP contribution in [0.2, 0.25) is 0 Å². The van der Waals surface area contributed by atoms with Gasteiger partial charge in [0, 0.05) is 31.0 Å². The van der Waals surface area contributed by atoms with Crippen molar-refractivity contribution in [2.45, 2.75) is 20.0 Å². The molecule has 3 rings (SSSR count). The van der Waals surface area contributed by atoms with Crippen molar-refractivity contribution in [1.82, 2.24) is 24.5 Å². The van der Waals surface area contributed by atoms with Gasteiger partial charge in [0.25, 0.3) is 0 Å². The van der Waals surface area contributed by atoms with Gasteiger partial charge in [0.05, 0.1) is 12.2 Å². The van der Waals surface area contributed by atoms with Crippen LogP contribution in [0.1, 0.15) is 12.6 Å². The molecule has 6 nitrogen and oxygen atoms in total. The first-order valence-electron chi connectivity index (χ1n) is 6.97. The SMILES string of the molecule is CCn1nccc1CNc1ccc(-c2nncn2C)cc1. The van der Waals surface area contributed by atoms with Gasteiger partial charge in [0.1, 0.15) is 6.33 Å². The van der Waals surface area contributed by atoms with E-state index in [2.05, 4.69) is 39.7 Å². The molecular weight excluding hydrogens is 264 g/mol. The molecule has 2 heterocycles. The normalized spacial score (nSPS) is 10.8. The van der Waals surface area contributed by atoms with Crippen molar-refractivity contribution in [1.29, 1.82) is 0 Å². The third-order valence-electron chi connectivity index (χ3n) is 3.43. The van der Waals surface area contributed by atoms with Gasteiger partial charge in [-0.3, -0.25) is 4.68 Å². The summed E-state index contributed by atoms with van der Waals surface area (Å²) < 4.78 is 3.89. The van der Waals surface area contributed by atoms with Gasteiger partial charge in [-0.15, -0.1) is 10.2 Å². The maximum absolute atomic E-state index is 4.26. The third kappa shape index (κ3) is 2.79. The summed E-state index contributed by atoms with van der Waals surface area (Å²) in [4.78, 5) is 0. The van der Waals surface area contributed by atoms with Crippen molar-refractivity contribution in [3.05, 3.63) is 48.5 Å². The van der Waals surface area contributed by atoms with Gasteiger partial charge in [-0.2, -0.15) is 5.10 Å². The molecule has 108 valence electrons. The molecule has 0 atom stereocenters. The lowest BCUT2D eigenvalue weighted by atomic mass is 10.2. The minimum atomic E-state index is 0.761. The predicted molar refractivity (Wildman–Crippen MR) is 81.7 cm³/mol. The summed E-state index contributed by atoms with van der Waals surface area (Å²) in [6.45, 7) is 3.73. The maximum atomic E-state index is 4.26. The highest BCUT2D eigenvalue weighted by molar-refractivity contribution is 5.59. The van der Waals surface area contributed by atoms with Gasteiger partial charge in [0.2, 0.25) is 0 Å². The predicted octanol–water partition coefficient (Wildman–Crippen LogP) is 2.31. The van der Waals surface area contributed by atoms with Crippen molar-refractivity contribution in [3.63, 3.8) is 0 Å². The van der Waals surface area contributed by atoms with Crippen LogP contribution in [-0.2, 0) is 20.1 Å². The highest BCUT2D eigenvalue weighted by atomic mass is 15.3. The first-order valence-corrected chi connectivity index (χ1v) is 6.97. The Morgan fingerprint density at radius 1 is 1.14 bits per heavy atom. The van der Waals surface area contributed by atoms with Gasteiger partial charge in [-0.25, -0.2) is 0 Å². The zero-order chi connectivity index (χ0) is 14.7. The molecule has 2 aromatic heterocycles. The molecular formula is C15H18N6. The molecule has 0 saturated carbocycles. The van der Waals surface area contributed by atoms with E-state index in [9.17, 15) is 0 Å². The molecule has 1 N–H and O–H groups in total. The fourth-order valence-corrected chi connectivity index (χ4v) is 2.27. The molecule has 0 spiro atoms. The summed E-state index contributed by atoms with van der Waals surface area (Å²) in [6, 6.07) is 10.2. The number of benzene rings is 1. The fraction of sp³-hybridized carbons (Fsp3) is 0.267. The average Bonchev–Trinajstić information content (AvgIpc) is 3.14. The molecule has 21 heavy (non-hydrogen) atoms. The van der Waals surface area contributed by atoms with Crippen LogP contribution in [0.25, 0.3) is 11.4 Å². The first kappa shape index (κ1) is 13.4. The lowest BCUT2D eigenvalue weighted by Crippen LogP contribution is -2.07. The van der Waals surface area contributed by atoms with Crippen LogP contribution in [0.5, 0.6) is 0 Å². The van der Waals surface area contributed by atoms with E-state index >= 15 is 0 Å². The average molecular weight is 282 g/mol. The van der Waals surface area contributed by atoms with Gasteiger partial charge < -0.3 is 9.88 Å². The minimum Gasteiger partial charge on any atom is -0.379 e. The Morgan fingerprint density at radius 3 is 2.62 bits per heavy atom. The third-order valence-corrected chi connectivity index (χ3v) is 3.43. The Bertz CT molecular complexity index is 710. The lowest BCUT2D eigenvalue weighted by molar-refractivity contribution is 0.627.